The first-order valence-corrected chi connectivity index (χ1v) is 5.51. The van der Waals surface area contributed by atoms with E-state index in [1.54, 1.807) is 0 Å². The third-order valence-corrected chi connectivity index (χ3v) is 2.97. The van der Waals surface area contributed by atoms with Crippen LogP contribution < -0.4 is 5.73 Å². The highest BCUT2D eigenvalue weighted by atomic mass is 15.2. The summed E-state index contributed by atoms with van der Waals surface area (Å²) >= 11 is 0. The summed E-state index contributed by atoms with van der Waals surface area (Å²) in [4.78, 5) is 4.85. The molecular weight excluding hydrogens is 174 g/mol. The molecule has 0 aromatic heterocycles. The summed E-state index contributed by atoms with van der Waals surface area (Å²) in [7, 11) is 2.18. The van der Waals surface area contributed by atoms with Crippen LogP contribution >= 0.6 is 0 Å². The van der Waals surface area contributed by atoms with Crippen LogP contribution in [0.5, 0.6) is 0 Å². The Morgan fingerprint density at radius 1 is 1.64 bits per heavy atom. The molecule has 1 unspecified atom stereocenters. The molecule has 0 bridgehead atoms. The van der Waals surface area contributed by atoms with Gasteiger partial charge < -0.3 is 10.6 Å². The van der Waals surface area contributed by atoms with E-state index in [2.05, 4.69) is 23.4 Å². The van der Waals surface area contributed by atoms with Gasteiger partial charge in [-0.25, -0.2) is 0 Å². The molecule has 0 amide bonds. The van der Waals surface area contributed by atoms with Crippen LogP contribution in [0.25, 0.3) is 0 Å². The number of piperidine rings is 1. The maximum absolute atomic E-state index is 5.56. The van der Waals surface area contributed by atoms with Gasteiger partial charge in [0, 0.05) is 32.2 Å². The van der Waals surface area contributed by atoms with Gasteiger partial charge in [0.1, 0.15) is 0 Å². The molecule has 3 nitrogen and oxygen atoms in total. The maximum atomic E-state index is 5.56. The van der Waals surface area contributed by atoms with Crippen molar-refractivity contribution in [2.45, 2.75) is 18.9 Å². The lowest BCUT2D eigenvalue weighted by atomic mass is 10.0. The van der Waals surface area contributed by atoms with Gasteiger partial charge in [-0.15, -0.1) is 6.58 Å². The molecule has 1 aliphatic rings. The summed E-state index contributed by atoms with van der Waals surface area (Å²) in [5, 5.41) is 0. The molecule has 1 rings (SSSR count). The minimum atomic E-state index is 0.687. The lowest BCUT2D eigenvalue weighted by Gasteiger charge is -2.37. The van der Waals surface area contributed by atoms with E-state index >= 15 is 0 Å². The number of hydrogen-bond acceptors (Lipinski definition) is 3. The number of likely N-dealkylation sites (N-methyl/N-ethyl adjacent to an activating group) is 1. The average Bonchev–Trinajstić information content (AvgIpc) is 2.19. The van der Waals surface area contributed by atoms with Gasteiger partial charge in [0.05, 0.1) is 0 Å². The lowest BCUT2D eigenvalue weighted by Crippen LogP contribution is -2.47. The van der Waals surface area contributed by atoms with Crippen LogP contribution in [0, 0.1) is 0 Å². The minimum Gasteiger partial charge on any atom is -0.329 e. The molecule has 1 fully saturated rings. The van der Waals surface area contributed by atoms with Gasteiger partial charge in [-0.05, 0) is 26.4 Å². The number of nitrogens with zero attached hydrogens (tertiary/aromatic N) is 2. The van der Waals surface area contributed by atoms with Crippen LogP contribution in [-0.4, -0.2) is 55.6 Å². The van der Waals surface area contributed by atoms with Gasteiger partial charge in [0.2, 0.25) is 0 Å². The second-order valence-corrected chi connectivity index (χ2v) is 4.11. The zero-order valence-electron chi connectivity index (χ0n) is 9.28. The van der Waals surface area contributed by atoms with Crippen molar-refractivity contribution in [1.82, 2.24) is 9.80 Å². The number of nitrogens with two attached hydrogens (primary N) is 1. The molecule has 0 spiro atoms. The first kappa shape index (κ1) is 11.7. The van der Waals surface area contributed by atoms with E-state index in [-0.39, 0.29) is 0 Å². The predicted molar refractivity (Wildman–Crippen MR) is 61.3 cm³/mol. The fourth-order valence-electron chi connectivity index (χ4n) is 2.13. The van der Waals surface area contributed by atoms with Crippen LogP contribution in [-0.2, 0) is 0 Å². The van der Waals surface area contributed by atoms with Gasteiger partial charge in [-0.3, -0.25) is 4.90 Å². The largest absolute Gasteiger partial charge is 0.329 e. The van der Waals surface area contributed by atoms with Gasteiger partial charge in [-0.2, -0.15) is 0 Å². The minimum absolute atomic E-state index is 0.687. The Morgan fingerprint density at radius 2 is 2.43 bits per heavy atom. The van der Waals surface area contributed by atoms with Crippen LogP contribution in [0.1, 0.15) is 12.8 Å². The summed E-state index contributed by atoms with van der Waals surface area (Å²) in [6.45, 7) is 8.96. The SMILES string of the molecule is C=CCN1CCCC(N(C)CCN)C1. The van der Waals surface area contributed by atoms with Gasteiger partial charge in [0.25, 0.3) is 0 Å². The molecule has 3 heteroatoms. The Balaban J connectivity index is 2.34. The molecule has 0 aliphatic carbocycles. The maximum Gasteiger partial charge on any atom is 0.0221 e. The monoisotopic (exact) mass is 197 g/mol. The highest BCUT2D eigenvalue weighted by Crippen LogP contribution is 2.13. The van der Waals surface area contributed by atoms with Crippen LogP contribution in [0.15, 0.2) is 12.7 Å². The Labute approximate surface area is 87.6 Å². The molecular formula is C11H23N3. The van der Waals surface area contributed by atoms with E-state index in [1.165, 1.54) is 25.9 Å². The van der Waals surface area contributed by atoms with E-state index in [0.29, 0.717) is 6.04 Å². The van der Waals surface area contributed by atoms with Crippen molar-refractivity contribution < 1.29 is 0 Å². The Bertz CT molecular complexity index is 170. The highest BCUT2D eigenvalue weighted by Gasteiger charge is 2.21. The van der Waals surface area contributed by atoms with Crippen LogP contribution in [0.4, 0.5) is 0 Å². The summed E-state index contributed by atoms with van der Waals surface area (Å²) in [6.07, 6.45) is 4.60. The third-order valence-electron chi connectivity index (χ3n) is 2.97. The molecule has 0 radical (unpaired) electrons. The molecule has 0 saturated carbocycles. The molecule has 1 saturated heterocycles. The molecule has 1 atom stereocenters. The van der Waals surface area contributed by atoms with Crippen LogP contribution in [0.3, 0.4) is 0 Å². The third kappa shape index (κ3) is 3.40. The first-order chi connectivity index (χ1) is 6.77. The molecule has 1 aliphatic heterocycles. The van der Waals surface area contributed by atoms with Gasteiger partial charge >= 0.3 is 0 Å². The zero-order valence-corrected chi connectivity index (χ0v) is 9.28. The number of rotatable bonds is 5. The Kier molecular flexibility index (Phi) is 5.15. The van der Waals surface area contributed by atoms with E-state index in [0.717, 1.165) is 19.6 Å². The predicted octanol–water partition coefficient (Wildman–Crippen LogP) is 0.527. The van der Waals surface area contributed by atoms with Crippen molar-refractivity contribution in [3.05, 3.63) is 12.7 Å². The van der Waals surface area contributed by atoms with Crippen LogP contribution in [0.2, 0.25) is 0 Å². The van der Waals surface area contributed by atoms with Gasteiger partial charge in [0.15, 0.2) is 0 Å². The van der Waals surface area contributed by atoms with Gasteiger partial charge in [-0.1, -0.05) is 6.08 Å². The summed E-state index contributed by atoms with van der Waals surface area (Å²) in [5.41, 5.74) is 5.56. The van der Waals surface area contributed by atoms with Crippen molar-refractivity contribution in [1.29, 1.82) is 0 Å². The summed E-state index contributed by atoms with van der Waals surface area (Å²) in [6, 6.07) is 0.687. The van der Waals surface area contributed by atoms with Crippen molar-refractivity contribution in [3.63, 3.8) is 0 Å². The Morgan fingerprint density at radius 3 is 3.07 bits per heavy atom. The molecule has 1 heterocycles. The zero-order chi connectivity index (χ0) is 10.4. The summed E-state index contributed by atoms with van der Waals surface area (Å²) < 4.78 is 0. The van der Waals surface area contributed by atoms with Crippen molar-refractivity contribution in [2.24, 2.45) is 5.73 Å². The van der Waals surface area contributed by atoms with E-state index in [9.17, 15) is 0 Å². The van der Waals surface area contributed by atoms with E-state index in [4.69, 9.17) is 5.73 Å². The first-order valence-electron chi connectivity index (χ1n) is 5.51. The molecule has 0 aromatic carbocycles. The average molecular weight is 197 g/mol. The number of hydrogen-bond donors (Lipinski definition) is 1. The smallest absolute Gasteiger partial charge is 0.0221 e. The summed E-state index contributed by atoms with van der Waals surface area (Å²) in [5.74, 6) is 0. The standard InChI is InChI=1S/C11H23N3/c1-3-7-14-8-4-5-11(10-14)13(2)9-6-12/h3,11H,1,4-10,12H2,2H3. The molecule has 82 valence electrons. The van der Waals surface area contributed by atoms with Crippen molar-refractivity contribution >= 4 is 0 Å². The normalized spacial score (nSPS) is 24.1. The quantitative estimate of drug-likeness (QED) is 0.653. The van der Waals surface area contributed by atoms with E-state index in [1.807, 2.05) is 6.08 Å². The molecule has 0 aromatic rings. The number of likely N-dealkylation sites (tertiary alicyclic amines) is 1. The topological polar surface area (TPSA) is 32.5 Å². The second kappa shape index (κ2) is 6.17. The molecule has 2 N–H and O–H groups in total. The fraction of sp³-hybridized carbons (Fsp3) is 0.818. The van der Waals surface area contributed by atoms with E-state index < -0.39 is 0 Å². The van der Waals surface area contributed by atoms with Crippen molar-refractivity contribution in [2.75, 3.05) is 39.8 Å². The fourth-order valence-corrected chi connectivity index (χ4v) is 2.13. The molecule has 14 heavy (non-hydrogen) atoms. The Hall–Kier alpha value is -0.380. The highest BCUT2D eigenvalue weighted by molar-refractivity contribution is 4.83. The second-order valence-electron chi connectivity index (χ2n) is 4.11. The van der Waals surface area contributed by atoms with Crippen molar-refractivity contribution in [3.8, 4) is 0 Å². The lowest BCUT2D eigenvalue weighted by molar-refractivity contribution is 0.127.